The Kier molecular flexibility index (Phi) is 1.03. The molecule has 8 heavy (non-hydrogen) atoms. The summed E-state index contributed by atoms with van der Waals surface area (Å²) in [6.45, 7) is 0. The van der Waals surface area contributed by atoms with Crippen LogP contribution in [0.25, 0.3) is 0 Å². The van der Waals surface area contributed by atoms with Gasteiger partial charge in [-0.1, -0.05) is 0 Å². The molecule has 1 heterocycles. The molecule has 44 valence electrons. The molecule has 0 amide bonds. The predicted octanol–water partition coefficient (Wildman–Crippen LogP) is -0.631. The van der Waals surface area contributed by atoms with Crippen LogP contribution in [0.3, 0.4) is 0 Å². The summed E-state index contributed by atoms with van der Waals surface area (Å²) in [7, 11) is 0. The highest BCUT2D eigenvalue weighted by Crippen LogP contribution is 2.13. The molecule has 0 saturated heterocycles. The van der Waals surface area contributed by atoms with Crippen molar-refractivity contribution in [2.75, 3.05) is 11.5 Å². The van der Waals surface area contributed by atoms with Crippen molar-refractivity contribution in [3.8, 4) is 0 Å². The van der Waals surface area contributed by atoms with Gasteiger partial charge >= 0.3 is 0 Å². The monoisotopic (exact) mass is 132 g/mol. The van der Waals surface area contributed by atoms with Gasteiger partial charge in [0, 0.05) is 8.75 Å². The fourth-order valence-corrected chi connectivity index (χ4v) is 0.847. The second kappa shape index (κ2) is 1.57. The van der Waals surface area contributed by atoms with Crippen molar-refractivity contribution in [3.63, 3.8) is 0 Å². The summed E-state index contributed by atoms with van der Waals surface area (Å²) in [6, 6.07) is 0. The maximum atomic E-state index is 10.2. The van der Waals surface area contributed by atoms with Crippen molar-refractivity contribution in [1.29, 1.82) is 0 Å². The first-order chi connectivity index (χ1) is 3.70. The van der Waals surface area contributed by atoms with Crippen molar-refractivity contribution in [3.05, 3.63) is 0 Å². The Morgan fingerprint density at radius 3 is 1.75 bits per heavy atom. The van der Waals surface area contributed by atoms with Gasteiger partial charge in [0.25, 0.3) is 0 Å². The van der Waals surface area contributed by atoms with Gasteiger partial charge in [-0.2, -0.15) is 0 Å². The summed E-state index contributed by atoms with van der Waals surface area (Å²) >= 11 is -1.56. The lowest BCUT2D eigenvalue weighted by Crippen LogP contribution is -1.91. The van der Waals surface area contributed by atoms with Crippen molar-refractivity contribution in [1.82, 2.24) is 8.75 Å². The van der Waals surface area contributed by atoms with E-state index in [-0.39, 0.29) is 11.6 Å². The summed E-state index contributed by atoms with van der Waals surface area (Å²) in [5.41, 5.74) is 10.1. The lowest BCUT2D eigenvalue weighted by molar-refractivity contribution is 0.585. The number of hydrogen-bond acceptors (Lipinski definition) is 5. The first kappa shape index (κ1) is 5.26. The molecule has 5 nitrogen and oxygen atoms in total. The minimum Gasteiger partial charge on any atom is -0.546 e. The molecular formula is C2H4N4OS. The van der Waals surface area contributed by atoms with Crippen LogP contribution in [0, 0.1) is 0 Å². The average Bonchev–Trinajstić information content (AvgIpc) is 1.85. The smallest absolute Gasteiger partial charge is 0.229 e. The normalized spacial score (nSPS) is 9.62. The highest BCUT2D eigenvalue weighted by Gasteiger charge is 2.05. The van der Waals surface area contributed by atoms with E-state index >= 15 is 0 Å². The molecule has 0 aliphatic heterocycles. The zero-order chi connectivity index (χ0) is 6.15. The lowest BCUT2D eigenvalue weighted by Gasteiger charge is -1.72. The fraction of sp³-hybridized carbons (Fsp3) is 0. The lowest BCUT2D eigenvalue weighted by atomic mass is 10.7. The maximum Gasteiger partial charge on any atom is 0.229 e. The van der Waals surface area contributed by atoms with Crippen LogP contribution < -0.4 is 11.5 Å². The fourth-order valence-electron chi connectivity index (χ4n) is 0.282. The molecule has 0 aliphatic rings. The molecule has 0 aliphatic carbocycles. The molecule has 0 radical (unpaired) electrons. The number of anilines is 2. The minimum absolute atomic E-state index is 0.0586. The van der Waals surface area contributed by atoms with Crippen LogP contribution in [-0.4, -0.2) is 13.3 Å². The van der Waals surface area contributed by atoms with Crippen LogP contribution in [0.15, 0.2) is 0 Å². The molecule has 0 saturated carbocycles. The molecule has 1 rings (SSSR count). The molecule has 0 fully saturated rings. The number of nitrogens with two attached hydrogens (primary N) is 2. The Morgan fingerprint density at radius 2 is 1.62 bits per heavy atom. The van der Waals surface area contributed by atoms with Crippen LogP contribution in [0.2, 0.25) is 0 Å². The van der Waals surface area contributed by atoms with Gasteiger partial charge in [-0.25, -0.2) is 0 Å². The molecule has 0 unspecified atom stereocenters. The summed E-state index contributed by atoms with van der Waals surface area (Å²) < 4.78 is 16.9. The van der Waals surface area contributed by atoms with Crippen LogP contribution in [0.4, 0.5) is 11.6 Å². The minimum atomic E-state index is -1.56. The van der Waals surface area contributed by atoms with E-state index in [0.29, 0.717) is 0 Å². The third-order valence-electron chi connectivity index (χ3n) is 0.615. The van der Waals surface area contributed by atoms with E-state index in [2.05, 4.69) is 8.75 Å². The molecule has 0 spiro atoms. The SMILES string of the molecule is Nc1n[s+]([O-])nc1N. The highest BCUT2D eigenvalue weighted by atomic mass is 32.2. The van der Waals surface area contributed by atoms with E-state index in [1.165, 1.54) is 0 Å². The van der Waals surface area contributed by atoms with Gasteiger partial charge in [0.05, 0.1) is 0 Å². The third-order valence-corrected chi connectivity index (χ3v) is 1.32. The summed E-state index contributed by atoms with van der Waals surface area (Å²) in [5, 5.41) is 0. The Balaban J connectivity index is 3.14. The van der Waals surface area contributed by atoms with Gasteiger partial charge in [0.2, 0.25) is 11.6 Å². The largest absolute Gasteiger partial charge is 0.546 e. The summed E-state index contributed by atoms with van der Waals surface area (Å²) in [5.74, 6) is 0.117. The van der Waals surface area contributed by atoms with E-state index in [9.17, 15) is 4.55 Å². The first-order valence-corrected chi connectivity index (χ1v) is 2.87. The second-order valence-electron chi connectivity index (χ2n) is 1.18. The van der Waals surface area contributed by atoms with E-state index < -0.39 is 11.1 Å². The summed E-state index contributed by atoms with van der Waals surface area (Å²) in [6.07, 6.45) is 0. The van der Waals surface area contributed by atoms with E-state index in [4.69, 9.17) is 11.5 Å². The average molecular weight is 132 g/mol. The third kappa shape index (κ3) is 0.703. The first-order valence-electron chi connectivity index (χ1n) is 1.81. The molecule has 0 bridgehead atoms. The van der Waals surface area contributed by atoms with Crippen molar-refractivity contribution < 1.29 is 4.55 Å². The topological polar surface area (TPSA) is 101 Å². The highest BCUT2D eigenvalue weighted by molar-refractivity contribution is 7.14. The van der Waals surface area contributed by atoms with Gasteiger partial charge in [-0.05, 0) is 0 Å². The number of nitrogen functional groups attached to an aromatic ring is 2. The molecule has 0 aromatic carbocycles. The number of nitrogens with zero attached hydrogens (tertiary/aromatic N) is 2. The number of rotatable bonds is 0. The van der Waals surface area contributed by atoms with Crippen molar-refractivity contribution in [2.24, 2.45) is 0 Å². The summed E-state index contributed by atoms with van der Waals surface area (Å²) in [4.78, 5) is 0. The quantitative estimate of drug-likeness (QED) is 0.457. The molecule has 1 aromatic rings. The van der Waals surface area contributed by atoms with Crippen molar-refractivity contribution >= 4 is 22.8 Å². The van der Waals surface area contributed by atoms with Crippen molar-refractivity contribution in [2.45, 2.75) is 0 Å². The predicted molar refractivity (Wildman–Crippen MR) is 29.5 cm³/mol. The van der Waals surface area contributed by atoms with Crippen LogP contribution in [0.1, 0.15) is 0 Å². The van der Waals surface area contributed by atoms with Crippen LogP contribution in [-0.2, 0) is 0 Å². The van der Waals surface area contributed by atoms with Gasteiger partial charge in [-0.15, -0.1) is 0 Å². The molecular weight excluding hydrogens is 128 g/mol. The zero-order valence-corrected chi connectivity index (χ0v) is 4.68. The second-order valence-corrected chi connectivity index (χ2v) is 2.01. The molecule has 1 aromatic heterocycles. The van der Waals surface area contributed by atoms with Crippen LogP contribution in [0.5, 0.6) is 0 Å². The van der Waals surface area contributed by atoms with Crippen LogP contribution >= 0.6 is 11.1 Å². The maximum absolute atomic E-state index is 10.2. The van der Waals surface area contributed by atoms with Gasteiger partial charge in [0.1, 0.15) is 0 Å². The number of hydrogen-bond donors (Lipinski definition) is 2. The Hall–Kier alpha value is -0.880. The van der Waals surface area contributed by atoms with E-state index in [1.54, 1.807) is 0 Å². The Labute approximate surface area is 48.4 Å². The van der Waals surface area contributed by atoms with E-state index in [0.717, 1.165) is 0 Å². The van der Waals surface area contributed by atoms with Gasteiger partial charge in [0.15, 0.2) is 11.1 Å². The number of aromatic nitrogens is 2. The standard InChI is InChI=1S/C2H4N4OS/c3-1-2(4)6-8(7)5-1/h(H2,3,5)(H2,4,6). The molecule has 6 heteroatoms. The van der Waals surface area contributed by atoms with Gasteiger partial charge < -0.3 is 16.0 Å². The Bertz CT molecular complexity index is 176. The van der Waals surface area contributed by atoms with E-state index in [1.807, 2.05) is 0 Å². The van der Waals surface area contributed by atoms with Gasteiger partial charge in [-0.3, -0.25) is 0 Å². The molecule has 0 atom stereocenters. The zero-order valence-electron chi connectivity index (χ0n) is 3.87. The molecule has 4 N–H and O–H groups in total. The Morgan fingerprint density at radius 1 is 1.25 bits per heavy atom.